The molecular formula is C8H6N3O2-. The van der Waals surface area contributed by atoms with E-state index < -0.39 is 5.97 Å². The zero-order valence-electron chi connectivity index (χ0n) is 6.89. The van der Waals surface area contributed by atoms with Crippen LogP contribution in [-0.4, -0.2) is 20.6 Å². The molecule has 2 aromatic heterocycles. The number of aromatic carboxylic acids is 1. The second-order valence-electron chi connectivity index (χ2n) is 2.68. The monoisotopic (exact) mass is 176 g/mol. The molecular weight excluding hydrogens is 170 g/mol. The molecule has 0 radical (unpaired) electrons. The van der Waals surface area contributed by atoms with E-state index in [-0.39, 0.29) is 5.56 Å². The largest absolute Gasteiger partial charge is 0.545 e. The molecule has 5 nitrogen and oxygen atoms in total. The summed E-state index contributed by atoms with van der Waals surface area (Å²) < 4.78 is 1.40. The van der Waals surface area contributed by atoms with E-state index in [2.05, 4.69) is 10.1 Å². The number of hydrogen-bond acceptors (Lipinski definition) is 4. The van der Waals surface area contributed by atoms with Crippen molar-refractivity contribution in [1.82, 2.24) is 14.6 Å². The Bertz CT molecular complexity index is 475. The van der Waals surface area contributed by atoms with E-state index in [1.165, 1.54) is 10.7 Å². The second kappa shape index (κ2) is 2.55. The first-order valence-corrected chi connectivity index (χ1v) is 3.71. The molecule has 0 aromatic carbocycles. The number of hydrogen-bond donors (Lipinski definition) is 0. The van der Waals surface area contributed by atoms with Crippen LogP contribution in [0.15, 0.2) is 18.5 Å². The van der Waals surface area contributed by atoms with Gasteiger partial charge in [0.2, 0.25) is 0 Å². The number of fused-ring (bicyclic) bond motifs is 1. The Morgan fingerprint density at radius 2 is 2.38 bits per heavy atom. The highest BCUT2D eigenvalue weighted by molar-refractivity contribution is 5.92. The van der Waals surface area contributed by atoms with Gasteiger partial charge < -0.3 is 9.90 Å². The summed E-state index contributed by atoms with van der Waals surface area (Å²) in [6.45, 7) is 1.78. The molecule has 0 N–H and O–H groups in total. The fourth-order valence-electron chi connectivity index (χ4n) is 1.10. The third-order valence-corrected chi connectivity index (χ3v) is 1.73. The van der Waals surface area contributed by atoms with Crippen LogP contribution in [0.1, 0.15) is 16.1 Å². The maximum absolute atomic E-state index is 10.6. The fourth-order valence-corrected chi connectivity index (χ4v) is 1.10. The average molecular weight is 176 g/mol. The van der Waals surface area contributed by atoms with Gasteiger partial charge in [0.15, 0.2) is 5.65 Å². The van der Waals surface area contributed by atoms with Gasteiger partial charge in [-0.3, -0.25) is 0 Å². The third-order valence-electron chi connectivity index (χ3n) is 1.73. The van der Waals surface area contributed by atoms with Crippen LogP contribution in [0, 0.1) is 6.92 Å². The molecule has 0 aliphatic carbocycles. The molecule has 2 rings (SSSR count). The van der Waals surface area contributed by atoms with E-state index in [9.17, 15) is 9.90 Å². The van der Waals surface area contributed by atoms with Gasteiger partial charge in [0.25, 0.3) is 0 Å². The van der Waals surface area contributed by atoms with Crippen LogP contribution in [0.3, 0.4) is 0 Å². The Morgan fingerprint density at radius 1 is 1.62 bits per heavy atom. The van der Waals surface area contributed by atoms with E-state index in [0.717, 1.165) is 5.69 Å². The van der Waals surface area contributed by atoms with Gasteiger partial charge in [-0.15, -0.1) is 0 Å². The number of aryl methyl sites for hydroxylation is 1. The normalized spacial score (nSPS) is 10.5. The number of carboxylic acids is 1. The van der Waals surface area contributed by atoms with Crippen molar-refractivity contribution in [3.8, 4) is 0 Å². The Morgan fingerprint density at radius 3 is 3.08 bits per heavy atom. The first-order chi connectivity index (χ1) is 6.18. The van der Waals surface area contributed by atoms with Crippen molar-refractivity contribution in [2.24, 2.45) is 0 Å². The molecule has 2 heterocycles. The van der Waals surface area contributed by atoms with Gasteiger partial charge in [-0.25, -0.2) is 9.50 Å². The number of nitrogens with zero attached hydrogens (tertiary/aromatic N) is 3. The average Bonchev–Trinajstić information content (AvgIpc) is 2.46. The quantitative estimate of drug-likeness (QED) is 0.581. The van der Waals surface area contributed by atoms with Crippen molar-refractivity contribution in [1.29, 1.82) is 0 Å². The molecule has 0 bridgehead atoms. The van der Waals surface area contributed by atoms with Crippen molar-refractivity contribution in [2.45, 2.75) is 6.92 Å². The first-order valence-electron chi connectivity index (χ1n) is 3.71. The molecule has 2 aromatic rings. The molecule has 5 heteroatoms. The molecule has 13 heavy (non-hydrogen) atoms. The summed E-state index contributed by atoms with van der Waals surface area (Å²) in [6, 6.07) is 1.75. The Balaban J connectivity index is 2.79. The molecule has 0 aliphatic rings. The molecule has 0 fully saturated rings. The van der Waals surface area contributed by atoms with E-state index in [1.54, 1.807) is 19.2 Å². The Hall–Kier alpha value is -1.91. The Labute approximate surface area is 73.6 Å². The van der Waals surface area contributed by atoms with E-state index in [1.807, 2.05) is 0 Å². The molecule has 0 atom stereocenters. The molecule has 0 unspecified atom stereocenters. The van der Waals surface area contributed by atoms with Crippen LogP contribution >= 0.6 is 0 Å². The topological polar surface area (TPSA) is 70.3 Å². The maximum atomic E-state index is 10.6. The van der Waals surface area contributed by atoms with Gasteiger partial charge in [0.1, 0.15) is 0 Å². The minimum atomic E-state index is -1.26. The predicted octanol–water partition coefficient (Wildman–Crippen LogP) is -0.599. The predicted molar refractivity (Wildman–Crippen MR) is 42.1 cm³/mol. The molecule has 0 amide bonds. The molecule has 0 spiro atoms. The van der Waals surface area contributed by atoms with Gasteiger partial charge >= 0.3 is 0 Å². The molecule has 0 saturated heterocycles. The number of rotatable bonds is 1. The van der Waals surface area contributed by atoms with Crippen molar-refractivity contribution in [3.05, 3.63) is 29.7 Å². The number of carbonyl (C=O) groups is 1. The number of carboxylic acid groups (broad SMARTS) is 1. The first kappa shape index (κ1) is 7.72. The number of carbonyl (C=O) groups excluding carboxylic acids is 1. The summed E-state index contributed by atoms with van der Waals surface area (Å²) >= 11 is 0. The summed E-state index contributed by atoms with van der Waals surface area (Å²) in [5.41, 5.74) is 1.08. The van der Waals surface area contributed by atoms with Crippen molar-refractivity contribution < 1.29 is 9.90 Å². The highest BCUT2D eigenvalue weighted by atomic mass is 16.4. The van der Waals surface area contributed by atoms with Crippen LogP contribution < -0.4 is 5.11 Å². The van der Waals surface area contributed by atoms with Gasteiger partial charge in [0.05, 0.1) is 17.7 Å². The SMILES string of the molecule is Cc1ccn2ncc(C(=O)[O-])c2n1. The highest BCUT2D eigenvalue weighted by Gasteiger charge is 2.05. The van der Waals surface area contributed by atoms with E-state index in [0.29, 0.717) is 5.65 Å². The second-order valence-corrected chi connectivity index (χ2v) is 2.68. The summed E-state index contributed by atoms with van der Waals surface area (Å²) in [5.74, 6) is -1.26. The van der Waals surface area contributed by atoms with Gasteiger partial charge in [-0.1, -0.05) is 0 Å². The summed E-state index contributed by atoms with van der Waals surface area (Å²) in [7, 11) is 0. The van der Waals surface area contributed by atoms with Crippen LogP contribution in [0.5, 0.6) is 0 Å². The zero-order chi connectivity index (χ0) is 9.42. The highest BCUT2D eigenvalue weighted by Crippen LogP contribution is 2.06. The summed E-state index contributed by atoms with van der Waals surface area (Å²) in [4.78, 5) is 14.6. The lowest BCUT2D eigenvalue weighted by molar-refractivity contribution is -0.254. The molecule has 0 saturated carbocycles. The zero-order valence-corrected chi connectivity index (χ0v) is 6.89. The van der Waals surface area contributed by atoms with E-state index >= 15 is 0 Å². The minimum Gasteiger partial charge on any atom is -0.545 e. The third kappa shape index (κ3) is 1.14. The van der Waals surface area contributed by atoms with Crippen LogP contribution in [0.4, 0.5) is 0 Å². The summed E-state index contributed by atoms with van der Waals surface area (Å²) in [5, 5.41) is 14.4. The molecule has 0 aliphatic heterocycles. The van der Waals surface area contributed by atoms with E-state index in [4.69, 9.17) is 0 Å². The maximum Gasteiger partial charge on any atom is 0.164 e. The van der Waals surface area contributed by atoms with Gasteiger partial charge in [0, 0.05) is 11.9 Å². The van der Waals surface area contributed by atoms with Gasteiger partial charge in [-0.05, 0) is 13.0 Å². The Kier molecular flexibility index (Phi) is 1.51. The lowest BCUT2D eigenvalue weighted by Crippen LogP contribution is -2.22. The van der Waals surface area contributed by atoms with Gasteiger partial charge in [-0.2, -0.15) is 5.10 Å². The number of aromatic nitrogens is 3. The van der Waals surface area contributed by atoms with Crippen molar-refractivity contribution in [2.75, 3.05) is 0 Å². The summed E-state index contributed by atoms with van der Waals surface area (Å²) in [6.07, 6.45) is 2.89. The lowest BCUT2D eigenvalue weighted by Gasteiger charge is -1.98. The minimum absolute atomic E-state index is 0.0173. The van der Waals surface area contributed by atoms with Crippen LogP contribution in [0.2, 0.25) is 0 Å². The fraction of sp³-hybridized carbons (Fsp3) is 0.125. The smallest absolute Gasteiger partial charge is 0.164 e. The van der Waals surface area contributed by atoms with Crippen LogP contribution in [0.25, 0.3) is 5.65 Å². The van der Waals surface area contributed by atoms with Crippen molar-refractivity contribution >= 4 is 11.6 Å². The van der Waals surface area contributed by atoms with Crippen molar-refractivity contribution in [3.63, 3.8) is 0 Å². The van der Waals surface area contributed by atoms with Crippen LogP contribution in [-0.2, 0) is 0 Å². The standard InChI is InChI=1S/C8H7N3O2/c1-5-2-3-11-7(10-5)6(4-9-11)8(12)13/h2-4H,1H3,(H,12,13)/p-1. The lowest BCUT2D eigenvalue weighted by atomic mass is 10.3. The molecule has 66 valence electrons.